The number of fused-ring (bicyclic) bond motifs is 1. The fourth-order valence-electron chi connectivity index (χ4n) is 3.81. The van der Waals surface area contributed by atoms with Crippen LogP contribution < -0.4 is 5.32 Å². The normalized spacial score (nSPS) is 15.5. The molecular weight excluding hydrogens is 388 g/mol. The average molecular weight is 408 g/mol. The highest BCUT2D eigenvalue weighted by molar-refractivity contribution is 5.95. The molecule has 4 rings (SSSR count). The molecule has 0 bridgehead atoms. The Labute approximate surface area is 171 Å². The number of nitrogens with one attached hydrogen (secondary N) is 2. The number of imidazole rings is 1. The van der Waals surface area contributed by atoms with Crippen LogP contribution in [-0.2, 0) is 16.6 Å². The smallest absolute Gasteiger partial charge is 0.336 e. The summed E-state index contributed by atoms with van der Waals surface area (Å²) in [6, 6.07) is 6.25. The number of carbonyl (C=O) groups is 1. The number of carbonyl (C=O) groups excluding carboxylic acids is 1. The SMILES string of the molecule is COC(=O)C1=C(C)Nc2c(c(-c3nc(C)c[nH]3)nn2C)C1c1cccc([N+](=O)[O-])c1. The van der Waals surface area contributed by atoms with Crippen molar-refractivity contribution in [3.63, 3.8) is 0 Å². The molecule has 1 atom stereocenters. The monoisotopic (exact) mass is 408 g/mol. The number of nitrogens with zero attached hydrogens (tertiary/aromatic N) is 4. The van der Waals surface area contributed by atoms with Crippen LogP contribution in [0.2, 0.25) is 0 Å². The van der Waals surface area contributed by atoms with Gasteiger partial charge in [-0.15, -0.1) is 0 Å². The van der Waals surface area contributed by atoms with Crippen LogP contribution in [0.3, 0.4) is 0 Å². The fourth-order valence-corrected chi connectivity index (χ4v) is 3.81. The lowest BCUT2D eigenvalue weighted by Gasteiger charge is -2.28. The van der Waals surface area contributed by atoms with Crippen LogP contribution in [0.15, 0.2) is 41.7 Å². The van der Waals surface area contributed by atoms with Gasteiger partial charge in [-0.2, -0.15) is 5.10 Å². The van der Waals surface area contributed by atoms with Crippen LogP contribution in [0.25, 0.3) is 11.5 Å². The number of esters is 1. The molecule has 3 heterocycles. The Hall–Kier alpha value is -3.95. The number of nitro benzene ring substituents is 1. The summed E-state index contributed by atoms with van der Waals surface area (Å²) in [5.41, 5.74) is 3.52. The number of methoxy groups -OCH3 is 1. The molecule has 1 aliphatic heterocycles. The molecule has 0 saturated carbocycles. The molecule has 154 valence electrons. The molecule has 1 aliphatic rings. The number of rotatable bonds is 4. The van der Waals surface area contributed by atoms with Gasteiger partial charge in [-0.1, -0.05) is 12.1 Å². The molecule has 0 saturated heterocycles. The van der Waals surface area contributed by atoms with E-state index < -0.39 is 16.8 Å². The van der Waals surface area contributed by atoms with E-state index >= 15 is 0 Å². The van der Waals surface area contributed by atoms with Gasteiger partial charge in [0.15, 0.2) is 5.82 Å². The molecule has 1 aromatic carbocycles. The van der Waals surface area contributed by atoms with Gasteiger partial charge in [0.1, 0.15) is 11.5 Å². The zero-order chi connectivity index (χ0) is 21.6. The average Bonchev–Trinajstić information content (AvgIpc) is 3.29. The zero-order valence-electron chi connectivity index (χ0n) is 16.9. The summed E-state index contributed by atoms with van der Waals surface area (Å²) >= 11 is 0. The number of aromatic amines is 1. The minimum atomic E-state index is -0.622. The highest BCUT2D eigenvalue weighted by Crippen LogP contribution is 2.46. The van der Waals surface area contributed by atoms with Crippen LogP contribution in [-0.4, -0.2) is 37.8 Å². The molecule has 0 aliphatic carbocycles. The number of ether oxygens (including phenoxy) is 1. The predicted molar refractivity (Wildman–Crippen MR) is 109 cm³/mol. The van der Waals surface area contributed by atoms with E-state index in [1.165, 1.54) is 19.2 Å². The number of H-pyrrole nitrogens is 1. The summed E-state index contributed by atoms with van der Waals surface area (Å²) in [5.74, 6) is 0.0846. The van der Waals surface area contributed by atoms with Gasteiger partial charge >= 0.3 is 5.97 Å². The molecule has 2 N–H and O–H groups in total. The van der Waals surface area contributed by atoms with Crippen LogP contribution >= 0.6 is 0 Å². The second-order valence-corrected chi connectivity index (χ2v) is 7.07. The standard InChI is InChI=1S/C20H20N6O4/c1-10-9-21-18(22-10)17-16-15(12-6-5-7-13(8-12)26(28)29)14(20(27)30-4)11(2)23-19(16)25(3)24-17/h5-9,15,23H,1-4H3,(H,21,22). The number of anilines is 1. The van der Waals surface area contributed by atoms with Crippen molar-refractivity contribution >= 4 is 17.5 Å². The van der Waals surface area contributed by atoms with E-state index in [9.17, 15) is 14.9 Å². The number of aryl methyl sites for hydroxylation is 2. The molecule has 30 heavy (non-hydrogen) atoms. The number of nitro groups is 1. The van der Waals surface area contributed by atoms with Gasteiger partial charge in [-0.3, -0.25) is 14.8 Å². The lowest BCUT2D eigenvalue weighted by molar-refractivity contribution is -0.384. The second-order valence-electron chi connectivity index (χ2n) is 7.07. The molecular formula is C20H20N6O4. The third-order valence-corrected chi connectivity index (χ3v) is 5.12. The van der Waals surface area contributed by atoms with Crippen molar-refractivity contribution in [3.8, 4) is 11.5 Å². The van der Waals surface area contributed by atoms with Gasteiger partial charge in [0.25, 0.3) is 5.69 Å². The van der Waals surface area contributed by atoms with Crippen molar-refractivity contribution in [2.75, 3.05) is 12.4 Å². The van der Waals surface area contributed by atoms with Crippen molar-refractivity contribution in [2.45, 2.75) is 19.8 Å². The van der Waals surface area contributed by atoms with Crippen LogP contribution in [0.5, 0.6) is 0 Å². The maximum atomic E-state index is 12.7. The zero-order valence-corrected chi connectivity index (χ0v) is 16.9. The summed E-state index contributed by atoms with van der Waals surface area (Å²) in [4.78, 5) is 31.2. The van der Waals surface area contributed by atoms with E-state index in [1.54, 1.807) is 37.0 Å². The van der Waals surface area contributed by atoms with Crippen molar-refractivity contribution in [1.29, 1.82) is 0 Å². The maximum Gasteiger partial charge on any atom is 0.336 e. The third-order valence-electron chi connectivity index (χ3n) is 5.12. The first-order valence-corrected chi connectivity index (χ1v) is 9.21. The van der Waals surface area contributed by atoms with Crippen LogP contribution in [0, 0.1) is 17.0 Å². The number of non-ortho nitro benzene ring substituents is 1. The third kappa shape index (κ3) is 3.02. The molecule has 0 amide bonds. The fraction of sp³-hybridized carbons (Fsp3) is 0.250. The first-order chi connectivity index (χ1) is 14.3. The van der Waals surface area contributed by atoms with E-state index in [0.29, 0.717) is 39.7 Å². The van der Waals surface area contributed by atoms with Gasteiger partial charge in [0.05, 0.1) is 23.3 Å². The van der Waals surface area contributed by atoms with E-state index in [0.717, 1.165) is 5.69 Å². The molecule has 0 radical (unpaired) electrons. The van der Waals surface area contributed by atoms with E-state index in [1.807, 2.05) is 6.92 Å². The summed E-state index contributed by atoms with van der Waals surface area (Å²) in [5, 5.41) is 19.2. The minimum Gasteiger partial charge on any atom is -0.466 e. The number of hydrogen-bond donors (Lipinski definition) is 2. The van der Waals surface area contributed by atoms with Gasteiger partial charge in [-0.25, -0.2) is 9.78 Å². The largest absolute Gasteiger partial charge is 0.466 e. The maximum absolute atomic E-state index is 12.7. The summed E-state index contributed by atoms with van der Waals surface area (Å²) in [7, 11) is 3.09. The van der Waals surface area contributed by atoms with Crippen molar-refractivity contribution in [3.05, 3.63) is 68.7 Å². The molecule has 0 fully saturated rings. The second kappa shape index (κ2) is 7.14. The summed E-state index contributed by atoms with van der Waals surface area (Å²) in [6.45, 7) is 3.62. The number of hydrogen-bond acceptors (Lipinski definition) is 7. The van der Waals surface area contributed by atoms with Gasteiger partial charge in [0.2, 0.25) is 0 Å². The first-order valence-electron chi connectivity index (χ1n) is 9.21. The Bertz CT molecular complexity index is 1210. The summed E-state index contributed by atoms with van der Waals surface area (Å²) in [6.07, 6.45) is 1.76. The van der Waals surface area contributed by atoms with Gasteiger partial charge < -0.3 is 15.0 Å². The quantitative estimate of drug-likeness (QED) is 0.386. The van der Waals surface area contributed by atoms with Gasteiger partial charge in [0, 0.05) is 42.6 Å². The lowest BCUT2D eigenvalue weighted by atomic mass is 9.81. The Kier molecular flexibility index (Phi) is 4.61. The summed E-state index contributed by atoms with van der Waals surface area (Å²) < 4.78 is 6.71. The van der Waals surface area contributed by atoms with Crippen molar-refractivity contribution in [2.24, 2.45) is 7.05 Å². The topological polar surface area (TPSA) is 128 Å². The molecule has 1 unspecified atom stereocenters. The van der Waals surface area contributed by atoms with E-state index in [2.05, 4.69) is 20.4 Å². The van der Waals surface area contributed by atoms with Crippen molar-refractivity contribution in [1.82, 2.24) is 19.7 Å². The molecule has 0 spiro atoms. The Morgan fingerprint density at radius 2 is 2.10 bits per heavy atom. The lowest BCUT2D eigenvalue weighted by Crippen LogP contribution is -2.24. The highest BCUT2D eigenvalue weighted by Gasteiger charge is 2.38. The number of benzene rings is 1. The number of allylic oxidation sites excluding steroid dienone is 1. The molecule has 2 aromatic heterocycles. The Morgan fingerprint density at radius 1 is 1.33 bits per heavy atom. The Balaban J connectivity index is 2.01. The van der Waals surface area contributed by atoms with Crippen LogP contribution in [0.1, 0.15) is 29.7 Å². The number of aromatic nitrogens is 4. The Morgan fingerprint density at radius 3 is 2.73 bits per heavy atom. The minimum absolute atomic E-state index is 0.0614. The van der Waals surface area contributed by atoms with Crippen LogP contribution in [0.4, 0.5) is 11.5 Å². The molecule has 10 nitrogen and oxygen atoms in total. The van der Waals surface area contributed by atoms with E-state index in [-0.39, 0.29) is 5.69 Å². The molecule has 10 heteroatoms. The molecule has 3 aromatic rings. The van der Waals surface area contributed by atoms with Gasteiger partial charge in [-0.05, 0) is 19.4 Å². The highest BCUT2D eigenvalue weighted by atomic mass is 16.6. The van der Waals surface area contributed by atoms with E-state index in [4.69, 9.17) is 4.74 Å². The predicted octanol–water partition coefficient (Wildman–Crippen LogP) is 3.03. The first kappa shape index (κ1) is 19.4. The van der Waals surface area contributed by atoms with Crippen molar-refractivity contribution < 1.29 is 14.5 Å².